The smallest absolute Gasteiger partial charge is 0.331 e. The van der Waals surface area contributed by atoms with E-state index in [2.05, 4.69) is 12.6 Å². The fourth-order valence-corrected chi connectivity index (χ4v) is 2.09. The van der Waals surface area contributed by atoms with Crippen LogP contribution in [0, 0.1) is 13.8 Å². The van der Waals surface area contributed by atoms with Crippen LogP contribution in [0.1, 0.15) is 11.1 Å². The van der Waals surface area contributed by atoms with E-state index in [1.165, 1.54) is 22.9 Å². The van der Waals surface area contributed by atoms with Crippen molar-refractivity contribution < 1.29 is 9.90 Å². The van der Waals surface area contributed by atoms with Gasteiger partial charge in [0.05, 0.1) is 0 Å². The molecular weight excluding hydrogens is 208 g/mol. The zero-order valence-electron chi connectivity index (χ0n) is 8.91. The number of carboxylic acid groups (broad SMARTS) is 1. The molecule has 0 spiro atoms. The van der Waals surface area contributed by atoms with Crippen molar-refractivity contribution in [1.29, 1.82) is 0 Å². The van der Waals surface area contributed by atoms with Gasteiger partial charge in [0.2, 0.25) is 0 Å². The van der Waals surface area contributed by atoms with Crippen LogP contribution in [0.25, 0.3) is 0 Å². The molecule has 80 valence electrons. The number of aryl methyl sites for hydroxylation is 2. The van der Waals surface area contributed by atoms with Gasteiger partial charge in [0.1, 0.15) is 0 Å². The molecule has 0 saturated heterocycles. The van der Waals surface area contributed by atoms with E-state index in [1.54, 1.807) is 0 Å². The molecule has 0 aliphatic heterocycles. The molecule has 0 radical (unpaired) electrons. The summed E-state index contributed by atoms with van der Waals surface area (Å²) < 4.78 is 0. The van der Waals surface area contributed by atoms with Gasteiger partial charge in [-0.2, -0.15) is 0 Å². The highest BCUT2D eigenvalue weighted by atomic mass is 32.2. The first kappa shape index (κ1) is 11.9. The molecule has 1 rings (SSSR count). The van der Waals surface area contributed by atoms with Gasteiger partial charge in [0.15, 0.2) is 0 Å². The first-order valence-corrected chi connectivity index (χ1v) is 5.60. The van der Waals surface area contributed by atoms with Crippen LogP contribution < -0.4 is 0 Å². The third-order valence-corrected chi connectivity index (χ3v) is 3.30. The van der Waals surface area contributed by atoms with Crippen LogP contribution in [-0.2, 0) is 4.79 Å². The van der Waals surface area contributed by atoms with E-state index in [9.17, 15) is 4.79 Å². The van der Waals surface area contributed by atoms with E-state index in [0.29, 0.717) is 5.75 Å². The quantitative estimate of drug-likeness (QED) is 0.628. The molecule has 1 N–H and O–H groups in total. The summed E-state index contributed by atoms with van der Waals surface area (Å²) in [5.74, 6) is -0.494. The molecular formula is C12H14O2S. The van der Waals surface area contributed by atoms with Crippen LogP contribution in [0.3, 0.4) is 0 Å². The van der Waals surface area contributed by atoms with Gasteiger partial charge in [0, 0.05) is 16.2 Å². The lowest BCUT2D eigenvalue weighted by Crippen LogP contribution is -2.01. The van der Waals surface area contributed by atoms with Gasteiger partial charge in [0.25, 0.3) is 0 Å². The van der Waals surface area contributed by atoms with Crippen molar-refractivity contribution in [3.63, 3.8) is 0 Å². The molecule has 0 saturated carbocycles. The summed E-state index contributed by atoms with van der Waals surface area (Å²) in [7, 11) is 0. The second-order valence-electron chi connectivity index (χ2n) is 3.47. The molecule has 3 heteroatoms. The zero-order chi connectivity index (χ0) is 11.4. The first-order valence-electron chi connectivity index (χ1n) is 4.62. The van der Waals surface area contributed by atoms with Crippen molar-refractivity contribution in [2.24, 2.45) is 0 Å². The van der Waals surface area contributed by atoms with E-state index in [1.807, 2.05) is 26.0 Å². The number of thioether (sulfide) groups is 1. The molecule has 0 bridgehead atoms. The summed E-state index contributed by atoms with van der Waals surface area (Å²) in [6.07, 6.45) is 0. The molecule has 0 amide bonds. The van der Waals surface area contributed by atoms with Crippen LogP contribution >= 0.6 is 11.8 Å². The number of carboxylic acids is 1. The monoisotopic (exact) mass is 222 g/mol. The summed E-state index contributed by atoms with van der Waals surface area (Å²) >= 11 is 1.51. The van der Waals surface area contributed by atoms with Gasteiger partial charge in [-0.25, -0.2) is 4.79 Å². The molecule has 0 aliphatic carbocycles. The van der Waals surface area contributed by atoms with E-state index in [0.717, 1.165) is 4.90 Å². The minimum Gasteiger partial charge on any atom is -0.478 e. The Morgan fingerprint density at radius 2 is 2.13 bits per heavy atom. The fourth-order valence-electron chi connectivity index (χ4n) is 1.19. The lowest BCUT2D eigenvalue weighted by atomic mass is 10.2. The SMILES string of the molecule is C=C(CSc1ccc(C)cc1C)C(=O)O. The number of hydrogen-bond donors (Lipinski definition) is 1. The third kappa shape index (κ3) is 3.44. The molecule has 0 atom stereocenters. The number of carbonyl (C=O) groups is 1. The second-order valence-corrected chi connectivity index (χ2v) is 4.48. The lowest BCUT2D eigenvalue weighted by molar-refractivity contribution is -0.132. The summed E-state index contributed by atoms with van der Waals surface area (Å²) in [6.45, 7) is 7.56. The Kier molecular flexibility index (Phi) is 3.97. The number of rotatable bonds is 4. The van der Waals surface area contributed by atoms with Gasteiger partial charge < -0.3 is 5.11 Å². The standard InChI is InChI=1S/C12H14O2S/c1-8-4-5-11(9(2)6-8)15-7-10(3)12(13)14/h4-6H,3,7H2,1-2H3,(H,13,14). The van der Waals surface area contributed by atoms with Crippen molar-refractivity contribution in [3.05, 3.63) is 41.5 Å². The van der Waals surface area contributed by atoms with Crippen molar-refractivity contribution >= 4 is 17.7 Å². The maximum absolute atomic E-state index is 10.5. The van der Waals surface area contributed by atoms with E-state index in [-0.39, 0.29) is 5.57 Å². The third-order valence-electron chi connectivity index (χ3n) is 2.03. The van der Waals surface area contributed by atoms with Crippen molar-refractivity contribution in [1.82, 2.24) is 0 Å². The molecule has 1 aromatic carbocycles. The predicted molar refractivity (Wildman–Crippen MR) is 63.4 cm³/mol. The van der Waals surface area contributed by atoms with Crippen LogP contribution in [0.5, 0.6) is 0 Å². The molecule has 0 heterocycles. The minimum absolute atomic E-state index is 0.236. The molecule has 1 aromatic rings. The van der Waals surface area contributed by atoms with Gasteiger partial charge >= 0.3 is 5.97 Å². The van der Waals surface area contributed by atoms with Crippen molar-refractivity contribution in [2.75, 3.05) is 5.75 Å². The first-order chi connectivity index (χ1) is 7.00. The van der Waals surface area contributed by atoms with Crippen molar-refractivity contribution in [2.45, 2.75) is 18.7 Å². The second kappa shape index (κ2) is 5.03. The Balaban J connectivity index is 2.66. The average molecular weight is 222 g/mol. The summed E-state index contributed by atoms with van der Waals surface area (Å²) in [5.41, 5.74) is 2.63. The average Bonchev–Trinajstić information content (AvgIpc) is 2.15. The van der Waals surface area contributed by atoms with Crippen LogP contribution in [-0.4, -0.2) is 16.8 Å². The van der Waals surface area contributed by atoms with E-state index < -0.39 is 5.97 Å². The number of aliphatic carboxylic acids is 1. The largest absolute Gasteiger partial charge is 0.478 e. The van der Waals surface area contributed by atoms with Crippen LogP contribution in [0.4, 0.5) is 0 Å². The predicted octanol–water partition coefficient (Wildman–Crippen LogP) is 3.04. The van der Waals surface area contributed by atoms with Gasteiger partial charge in [-0.1, -0.05) is 24.3 Å². The Morgan fingerprint density at radius 1 is 1.47 bits per heavy atom. The van der Waals surface area contributed by atoms with Crippen LogP contribution in [0.2, 0.25) is 0 Å². The number of benzene rings is 1. The Bertz CT molecular complexity index is 397. The Labute approximate surface area is 94.0 Å². The molecule has 0 aliphatic rings. The van der Waals surface area contributed by atoms with Gasteiger partial charge in [-0.05, 0) is 25.5 Å². The van der Waals surface area contributed by atoms with Gasteiger partial charge in [-0.3, -0.25) is 0 Å². The highest BCUT2D eigenvalue weighted by Gasteiger charge is 2.05. The highest BCUT2D eigenvalue weighted by Crippen LogP contribution is 2.24. The van der Waals surface area contributed by atoms with E-state index in [4.69, 9.17) is 5.11 Å². The fraction of sp³-hybridized carbons (Fsp3) is 0.250. The van der Waals surface area contributed by atoms with Crippen LogP contribution in [0.15, 0.2) is 35.2 Å². The normalized spacial score (nSPS) is 10.0. The number of hydrogen-bond acceptors (Lipinski definition) is 2. The van der Waals surface area contributed by atoms with E-state index >= 15 is 0 Å². The molecule has 15 heavy (non-hydrogen) atoms. The Hall–Kier alpha value is -1.22. The summed E-state index contributed by atoms with van der Waals surface area (Å²) in [6, 6.07) is 6.13. The summed E-state index contributed by atoms with van der Waals surface area (Å²) in [4.78, 5) is 11.7. The maximum atomic E-state index is 10.5. The summed E-state index contributed by atoms with van der Waals surface area (Å²) in [5, 5.41) is 8.66. The molecule has 0 aromatic heterocycles. The van der Waals surface area contributed by atoms with Crippen molar-refractivity contribution in [3.8, 4) is 0 Å². The zero-order valence-corrected chi connectivity index (χ0v) is 9.73. The lowest BCUT2D eigenvalue weighted by Gasteiger charge is -2.06. The highest BCUT2D eigenvalue weighted by molar-refractivity contribution is 7.99. The molecule has 0 fully saturated rings. The molecule has 2 nitrogen and oxygen atoms in total. The molecule has 0 unspecified atom stereocenters. The maximum Gasteiger partial charge on any atom is 0.331 e. The van der Waals surface area contributed by atoms with Gasteiger partial charge in [-0.15, -0.1) is 11.8 Å². The minimum atomic E-state index is -0.924. The topological polar surface area (TPSA) is 37.3 Å². The Morgan fingerprint density at radius 3 is 2.67 bits per heavy atom.